The monoisotopic (exact) mass is 418 g/mol. The largest absolute Gasteiger partial charge is 0.489 e. The number of ether oxygens (including phenoxy) is 2. The van der Waals surface area contributed by atoms with Crippen LogP contribution in [0.4, 0.5) is 0 Å². The molecule has 0 bridgehead atoms. The number of nitrogens with zero attached hydrogens (tertiary/aromatic N) is 1. The molecule has 3 aromatic rings. The number of nitrogens with one attached hydrogen (secondary N) is 1. The molecule has 31 heavy (non-hydrogen) atoms. The second kappa shape index (κ2) is 10.9. The van der Waals surface area contributed by atoms with Crippen LogP contribution in [0.1, 0.15) is 47.8 Å². The average molecular weight is 418 g/mol. The first-order valence-electron chi connectivity index (χ1n) is 10.2. The lowest BCUT2D eigenvalue weighted by molar-refractivity contribution is -0.147. The number of rotatable bonds is 9. The predicted molar refractivity (Wildman–Crippen MR) is 118 cm³/mol. The summed E-state index contributed by atoms with van der Waals surface area (Å²) >= 11 is 0. The van der Waals surface area contributed by atoms with Crippen molar-refractivity contribution >= 4 is 11.9 Å². The number of hydrogen-bond acceptors (Lipinski definition) is 5. The fourth-order valence-corrected chi connectivity index (χ4v) is 3.01. The van der Waals surface area contributed by atoms with E-state index in [-0.39, 0.29) is 24.4 Å². The Morgan fingerprint density at radius 3 is 2.35 bits per heavy atom. The van der Waals surface area contributed by atoms with Gasteiger partial charge in [0.1, 0.15) is 12.4 Å². The molecule has 1 N–H and O–H groups in total. The van der Waals surface area contributed by atoms with Gasteiger partial charge in [0, 0.05) is 23.5 Å². The number of carbonyl (C=O) groups is 2. The van der Waals surface area contributed by atoms with Gasteiger partial charge in [0.15, 0.2) is 0 Å². The lowest BCUT2D eigenvalue weighted by atomic mass is 10.0. The highest BCUT2D eigenvalue weighted by molar-refractivity contribution is 5.94. The first-order chi connectivity index (χ1) is 15.0. The Labute approximate surface area is 182 Å². The standard InChI is InChI=1S/C25H26N2O4/c1-18(2)31-24(28)15-23(20-8-4-3-5-9-20)27-25(29)21-10-12-22(13-11-21)30-17-19-7-6-14-26-16-19/h3-14,16,18,23H,15,17H2,1-2H3,(H,27,29). The third-order valence-corrected chi connectivity index (χ3v) is 4.49. The number of aromatic nitrogens is 1. The molecule has 2 aromatic carbocycles. The first kappa shape index (κ1) is 22.0. The number of esters is 1. The van der Waals surface area contributed by atoms with Crippen molar-refractivity contribution in [3.8, 4) is 5.75 Å². The zero-order valence-corrected chi connectivity index (χ0v) is 17.7. The first-order valence-corrected chi connectivity index (χ1v) is 10.2. The quantitative estimate of drug-likeness (QED) is 0.519. The van der Waals surface area contributed by atoms with Gasteiger partial charge < -0.3 is 14.8 Å². The second-order valence-corrected chi connectivity index (χ2v) is 7.35. The van der Waals surface area contributed by atoms with Gasteiger partial charge in [-0.15, -0.1) is 0 Å². The second-order valence-electron chi connectivity index (χ2n) is 7.35. The molecule has 6 heteroatoms. The molecular weight excluding hydrogens is 392 g/mol. The normalized spacial score (nSPS) is 11.6. The molecule has 1 aromatic heterocycles. The summed E-state index contributed by atoms with van der Waals surface area (Å²) < 4.78 is 11.0. The Morgan fingerprint density at radius 2 is 1.71 bits per heavy atom. The van der Waals surface area contributed by atoms with Gasteiger partial charge >= 0.3 is 5.97 Å². The van der Waals surface area contributed by atoms with E-state index >= 15 is 0 Å². The maximum absolute atomic E-state index is 12.8. The van der Waals surface area contributed by atoms with Crippen molar-refractivity contribution in [1.82, 2.24) is 10.3 Å². The van der Waals surface area contributed by atoms with Crippen LogP contribution in [0.15, 0.2) is 79.1 Å². The summed E-state index contributed by atoms with van der Waals surface area (Å²) in [5.41, 5.74) is 2.28. The van der Waals surface area contributed by atoms with Gasteiger partial charge in [-0.3, -0.25) is 14.6 Å². The van der Waals surface area contributed by atoms with Crippen molar-refractivity contribution < 1.29 is 19.1 Å². The van der Waals surface area contributed by atoms with Gasteiger partial charge in [0.25, 0.3) is 5.91 Å². The summed E-state index contributed by atoms with van der Waals surface area (Å²) in [5.74, 6) is 0.0221. The fourth-order valence-electron chi connectivity index (χ4n) is 3.01. The van der Waals surface area contributed by atoms with Crippen LogP contribution in [0.25, 0.3) is 0 Å². The minimum atomic E-state index is -0.485. The van der Waals surface area contributed by atoms with Crippen molar-refractivity contribution in [3.63, 3.8) is 0 Å². The molecule has 160 valence electrons. The molecule has 0 saturated heterocycles. The Hall–Kier alpha value is -3.67. The van der Waals surface area contributed by atoms with Gasteiger partial charge in [0.2, 0.25) is 0 Å². The molecule has 0 radical (unpaired) electrons. The predicted octanol–water partition coefficient (Wildman–Crippen LogP) is 4.47. The summed E-state index contributed by atoms with van der Waals surface area (Å²) in [4.78, 5) is 29.1. The van der Waals surface area contributed by atoms with Gasteiger partial charge in [-0.05, 0) is 49.7 Å². The summed E-state index contributed by atoms with van der Waals surface area (Å²) in [6.45, 7) is 3.99. The van der Waals surface area contributed by atoms with Crippen molar-refractivity contribution in [2.45, 2.75) is 39.0 Å². The van der Waals surface area contributed by atoms with Crippen LogP contribution in [-0.4, -0.2) is 23.0 Å². The molecule has 1 unspecified atom stereocenters. The third-order valence-electron chi connectivity index (χ3n) is 4.49. The van der Waals surface area contributed by atoms with Crippen LogP contribution in [-0.2, 0) is 16.1 Å². The molecule has 0 aliphatic rings. The van der Waals surface area contributed by atoms with E-state index in [0.717, 1.165) is 11.1 Å². The third kappa shape index (κ3) is 6.96. The maximum Gasteiger partial charge on any atom is 0.308 e. The molecule has 1 atom stereocenters. The molecule has 0 aliphatic carbocycles. The molecule has 6 nitrogen and oxygen atoms in total. The SMILES string of the molecule is CC(C)OC(=O)CC(NC(=O)c1ccc(OCc2cccnc2)cc1)c1ccccc1. The molecule has 0 aliphatic heterocycles. The lowest BCUT2D eigenvalue weighted by Gasteiger charge is -2.19. The van der Waals surface area contributed by atoms with E-state index in [2.05, 4.69) is 10.3 Å². The van der Waals surface area contributed by atoms with Crippen LogP contribution < -0.4 is 10.1 Å². The number of hydrogen-bond donors (Lipinski definition) is 1. The molecule has 0 spiro atoms. The molecule has 1 amide bonds. The Bertz CT molecular complexity index is 973. The van der Waals surface area contributed by atoms with E-state index in [4.69, 9.17) is 9.47 Å². The van der Waals surface area contributed by atoms with Crippen molar-refractivity contribution in [3.05, 3.63) is 95.8 Å². The molecule has 0 fully saturated rings. The average Bonchev–Trinajstić information content (AvgIpc) is 2.78. The smallest absolute Gasteiger partial charge is 0.308 e. The Morgan fingerprint density at radius 1 is 0.968 bits per heavy atom. The highest BCUT2D eigenvalue weighted by Gasteiger charge is 2.20. The topological polar surface area (TPSA) is 77.5 Å². The van der Waals surface area contributed by atoms with E-state index < -0.39 is 6.04 Å². The summed E-state index contributed by atoms with van der Waals surface area (Å²) in [6, 6.07) is 19.6. The van der Waals surface area contributed by atoms with Gasteiger partial charge in [-0.25, -0.2) is 0 Å². The van der Waals surface area contributed by atoms with Crippen LogP contribution >= 0.6 is 0 Å². The van der Waals surface area contributed by atoms with Crippen LogP contribution in [0.2, 0.25) is 0 Å². The number of amides is 1. The van der Waals surface area contributed by atoms with Gasteiger partial charge in [-0.2, -0.15) is 0 Å². The van der Waals surface area contributed by atoms with Crippen molar-refractivity contribution in [1.29, 1.82) is 0 Å². The van der Waals surface area contributed by atoms with Crippen LogP contribution in [0.5, 0.6) is 5.75 Å². The van der Waals surface area contributed by atoms with Gasteiger partial charge in [-0.1, -0.05) is 36.4 Å². The minimum Gasteiger partial charge on any atom is -0.489 e. The van der Waals surface area contributed by atoms with E-state index in [1.807, 2.05) is 42.5 Å². The zero-order chi connectivity index (χ0) is 22.1. The summed E-state index contributed by atoms with van der Waals surface area (Å²) in [6.07, 6.45) is 3.30. The zero-order valence-electron chi connectivity index (χ0n) is 17.7. The molecule has 1 heterocycles. The van der Waals surface area contributed by atoms with E-state index in [9.17, 15) is 9.59 Å². The van der Waals surface area contributed by atoms with Crippen molar-refractivity contribution in [2.75, 3.05) is 0 Å². The van der Waals surface area contributed by atoms with Crippen LogP contribution in [0.3, 0.4) is 0 Å². The molecule has 0 saturated carbocycles. The number of pyridine rings is 1. The van der Waals surface area contributed by atoms with E-state index in [1.165, 1.54) is 0 Å². The van der Waals surface area contributed by atoms with Crippen molar-refractivity contribution in [2.24, 2.45) is 0 Å². The van der Waals surface area contributed by atoms with E-state index in [0.29, 0.717) is 17.9 Å². The highest BCUT2D eigenvalue weighted by Crippen LogP contribution is 2.20. The number of carbonyl (C=O) groups excluding carboxylic acids is 2. The van der Waals surface area contributed by atoms with Crippen LogP contribution in [0, 0.1) is 0 Å². The lowest BCUT2D eigenvalue weighted by Crippen LogP contribution is -2.31. The van der Waals surface area contributed by atoms with E-state index in [1.54, 1.807) is 50.5 Å². The maximum atomic E-state index is 12.8. The highest BCUT2D eigenvalue weighted by atomic mass is 16.5. The minimum absolute atomic E-state index is 0.0558. The Kier molecular flexibility index (Phi) is 7.76. The Balaban J connectivity index is 1.64. The number of benzene rings is 2. The summed E-state index contributed by atoms with van der Waals surface area (Å²) in [5, 5.41) is 2.94. The fraction of sp³-hybridized carbons (Fsp3) is 0.240. The van der Waals surface area contributed by atoms with Gasteiger partial charge in [0.05, 0.1) is 18.6 Å². The molecule has 3 rings (SSSR count). The molecular formula is C25H26N2O4. The summed E-state index contributed by atoms with van der Waals surface area (Å²) in [7, 11) is 0.